The molecule has 3 aliphatic rings. The molecule has 3 aliphatic heterocycles. The second-order valence-corrected chi connectivity index (χ2v) is 30.0. The molecule has 6 aromatic heterocycles. The number of hydrogen-bond donors (Lipinski definition) is 0. The molecule has 24 rings (SSSR count). The molecule has 0 spiro atoms. The standard InChI is InChI=1S/3C36H23N5/c1-4-13-24(14-5-1)29-23-30(39-35(38-29)25-15-6-2-7-16-25)36-37-28-20-12-22-32-33(28)34(40-36)27-19-10-11-21-31(27)41(32)26-17-8-3-9-18-26;1-4-12-24(13-5-1)30-22-31(40-35(39-30)25-14-6-2-7-15-25)26-20-29-28-18-10-11-19-33(28)41(27-16-8-3-9-17-27)36-34(29)32(21-26)37-23-38-36;1-4-11-24(12-5-1)31-21-32(25-13-6-2-7-14-25)40-35(39-31)27-19-26-15-10-18-33-34(26)29(20-27)30-22-37-23-38-36(30)41(33)28-16-8-3-9-17-28/h3*1-23H. The number of aromatic nitrogens is 12. The summed E-state index contributed by atoms with van der Waals surface area (Å²) in [7, 11) is 0. The first-order valence-electron chi connectivity index (χ1n) is 40.7. The van der Waals surface area contributed by atoms with Crippen LogP contribution in [0, 0.1) is 0 Å². The molecule has 0 saturated carbocycles. The summed E-state index contributed by atoms with van der Waals surface area (Å²) in [6, 6.07) is 137. The molecule has 21 aromatic rings. The molecule has 0 bridgehead atoms. The van der Waals surface area contributed by atoms with Crippen molar-refractivity contribution in [2.45, 2.75) is 0 Å². The van der Waals surface area contributed by atoms with Crippen molar-refractivity contribution in [1.82, 2.24) is 59.8 Å². The topological polar surface area (TPSA) is 164 Å². The van der Waals surface area contributed by atoms with E-state index in [0.717, 1.165) is 191 Å². The van der Waals surface area contributed by atoms with E-state index in [-0.39, 0.29) is 0 Å². The molecule has 15 heteroatoms. The van der Waals surface area contributed by atoms with Gasteiger partial charge < -0.3 is 4.90 Å². The van der Waals surface area contributed by atoms with Gasteiger partial charge in [0, 0.05) is 89.8 Å². The van der Waals surface area contributed by atoms with Crippen molar-refractivity contribution in [2.24, 2.45) is 0 Å². The smallest absolute Gasteiger partial charge is 0.179 e. The van der Waals surface area contributed by atoms with E-state index in [0.29, 0.717) is 29.0 Å². The third kappa shape index (κ3) is 13.6. The number of hydrogen-bond acceptors (Lipinski definition) is 15. The zero-order valence-corrected chi connectivity index (χ0v) is 66.0. The highest BCUT2D eigenvalue weighted by atomic mass is 15.2. The predicted octanol–water partition coefficient (Wildman–Crippen LogP) is 26.6. The van der Waals surface area contributed by atoms with E-state index in [4.69, 9.17) is 54.8 Å². The van der Waals surface area contributed by atoms with E-state index >= 15 is 0 Å². The highest BCUT2D eigenvalue weighted by molar-refractivity contribution is 6.16. The van der Waals surface area contributed by atoms with Crippen LogP contribution in [-0.2, 0) is 0 Å². The molecular formula is C108H69N15. The van der Waals surface area contributed by atoms with Crippen molar-refractivity contribution < 1.29 is 0 Å². The molecule has 0 N–H and O–H groups in total. The van der Waals surface area contributed by atoms with Crippen LogP contribution in [0.15, 0.2) is 419 Å². The van der Waals surface area contributed by atoms with Crippen molar-refractivity contribution in [2.75, 3.05) is 14.7 Å². The van der Waals surface area contributed by atoms with Gasteiger partial charge in [-0.15, -0.1) is 0 Å². The minimum atomic E-state index is 0.573. The first kappa shape index (κ1) is 72.4. The van der Waals surface area contributed by atoms with Gasteiger partial charge >= 0.3 is 0 Å². The second kappa shape index (κ2) is 31.4. The largest absolute Gasteiger partial charge is 0.309 e. The molecule has 15 nitrogen and oxygen atoms in total. The van der Waals surface area contributed by atoms with Crippen LogP contribution >= 0.6 is 0 Å². The average Bonchev–Trinajstić information content (AvgIpc) is 0.731. The van der Waals surface area contributed by atoms with Gasteiger partial charge in [0.25, 0.3) is 0 Å². The summed E-state index contributed by atoms with van der Waals surface area (Å²) >= 11 is 0. The minimum Gasteiger partial charge on any atom is -0.309 e. The van der Waals surface area contributed by atoms with Crippen LogP contribution in [0.3, 0.4) is 0 Å². The van der Waals surface area contributed by atoms with Gasteiger partial charge in [-0.25, -0.2) is 59.8 Å². The SMILES string of the molecule is c1ccc(-c2cc(-c3cc4c5c(ncnc5c3)N(c3ccccc3)c3ccccc3-4)nc(-c3ccccc3)n2)cc1.c1ccc(-c2cc(-c3ccccc3)nc(-c3cc4c5c(cccc5c3)N(c3ccccc3)c3ncncc3-4)n2)cc1.c1ccc(-c2cc(-c3nc4c5c(cccc5n3)N(c3ccccc3)c3ccccc3-4)nc(-c3ccccc3)n2)cc1. The van der Waals surface area contributed by atoms with Gasteiger partial charge in [-0.3, -0.25) is 9.80 Å². The van der Waals surface area contributed by atoms with E-state index < -0.39 is 0 Å². The molecule has 0 radical (unpaired) electrons. The van der Waals surface area contributed by atoms with Crippen LogP contribution in [0.2, 0.25) is 0 Å². The van der Waals surface area contributed by atoms with Crippen LogP contribution in [0.1, 0.15) is 0 Å². The van der Waals surface area contributed by atoms with E-state index in [1.807, 2.05) is 164 Å². The van der Waals surface area contributed by atoms with Gasteiger partial charge in [-0.1, -0.05) is 291 Å². The maximum atomic E-state index is 5.21. The van der Waals surface area contributed by atoms with Crippen LogP contribution in [0.25, 0.3) is 168 Å². The quantitative estimate of drug-likeness (QED) is 0.113. The summed E-state index contributed by atoms with van der Waals surface area (Å²) in [6.07, 6.45) is 5.17. The zero-order chi connectivity index (χ0) is 81.5. The summed E-state index contributed by atoms with van der Waals surface area (Å²) in [6.45, 7) is 0. The highest BCUT2D eigenvalue weighted by Gasteiger charge is 2.33. The summed E-state index contributed by atoms with van der Waals surface area (Å²) in [5.74, 6) is 4.31. The molecule has 0 fully saturated rings. The Morgan fingerprint density at radius 1 is 0.195 bits per heavy atom. The van der Waals surface area contributed by atoms with Gasteiger partial charge in [-0.2, -0.15) is 0 Å². The number of para-hydroxylation sites is 5. The summed E-state index contributed by atoms with van der Waals surface area (Å²) in [5.41, 5.74) is 28.5. The fraction of sp³-hybridized carbons (Fsp3) is 0. The lowest BCUT2D eigenvalue weighted by Crippen LogP contribution is -2.16. The normalized spacial score (nSPS) is 11.9. The maximum Gasteiger partial charge on any atom is 0.179 e. The Labute approximate surface area is 708 Å². The highest BCUT2D eigenvalue weighted by Crippen LogP contribution is 2.54. The van der Waals surface area contributed by atoms with Crippen molar-refractivity contribution in [3.8, 4) is 135 Å². The maximum absolute atomic E-state index is 5.21. The Kier molecular flexibility index (Phi) is 18.5. The second-order valence-electron chi connectivity index (χ2n) is 30.0. The van der Waals surface area contributed by atoms with E-state index in [9.17, 15) is 0 Å². The molecule has 0 amide bonds. The molecule has 0 aliphatic carbocycles. The van der Waals surface area contributed by atoms with E-state index in [1.54, 1.807) is 12.7 Å². The Morgan fingerprint density at radius 2 is 0.585 bits per heavy atom. The van der Waals surface area contributed by atoms with E-state index in [2.05, 4.69) is 262 Å². The molecular weight excluding hydrogens is 1510 g/mol. The summed E-state index contributed by atoms with van der Waals surface area (Å²) in [4.78, 5) is 65.9. The Balaban J connectivity index is 0.000000110. The Morgan fingerprint density at radius 3 is 1.12 bits per heavy atom. The number of rotatable bonds is 12. The van der Waals surface area contributed by atoms with Gasteiger partial charge in [-0.05, 0) is 126 Å². The average molecular weight is 1580 g/mol. The lowest BCUT2D eigenvalue weighted by atomic mass is 9.91. The molecule has 0 saturated heterocycles. The van der Waals surface area contributed by atoms with E-state index in [1.165, 1.54) is 0 Å². The van der Waals surface area contributed by atoms with Gasteiger partial charge in [0.05, 0.1) is 78.7 Å². The first-order chi connectivity index (χ1) is 61.0. The van der Waals surface area contributed by atoms with Gasteiger partial charge in [0.15, 0.2) is 23.3 Å². The third-order valence-corrected chi connectivity index (χ3v) is 22.4. The van der Waals surface area contributed by atoms with Gasteiger partial charge in [0.2, 0.25) is 0 Å². The number of benzene rings is 15. The van der Waals surface area contributed by atoms with Crippen LogP contribution in [0.5, 0.6) is 0 Å². The molecule has 0 atom stereocenters. The summed E-state index contributed by atoms with van der Waals surface area (Å²) in [5, 5.41) is 4.32. The molecule has 9 heterocycles. The van der Waals surface area contributed by atoms with Crippen molar-refractivity contribution in [3.63, 3.8) is 0 Å². The number of nitrogens with zero attached hydrogens (tertiary/aromatic N) is 15. The van der Waals surface area contributed by atoms with Crippen LogP contribution in [-0.4, -0.2) is 59.8 Å². The molecule has 15 aromatic carbocycles. The van der Waals surface area contributed by atoms with Gasteiger partial charge in [0.1, 0.15) is 30.0 Å². The fourth-order valence-electron chi connectivity index (χ4n) is 16.8. The first-order valence-corrected chi connectivity index (χ1v) is 40.7. The zero-order valence-electron chi connectivity index (χ0n) is 66.0. The fourth-order valence-corrected chi connectivity index (χ4v) is 16.8. The Bertz CT molecular complexity index is 6660. The van der Waals surface area contributed by atoms with Crippen molar-refractivity contribution >= 4 is 84.0 Å². The Hall–Kier alpha value is -17.0. The lowest BCUT2D eigenvalue weighted by Gasteiger charge is -2.32. The number of anilines is 9. The van der Waals surface area contributed by atoms with Crippen molar-refractivity contribution in [1.29, 1.82) is 0 Å². The summed E-state index contributed by atoms with van der Waals surface area (Å²) < 4.78 is 0. The third-order valence-electron chi connectivity index (χ3n) is 22.4. The van der Waals surface area contributed by atoms with Crippen LogP contribution < -0.4 is 14.7 Å². The predicted molar refractivity (Wildman–Crippen MR) is 495 cm³/mol. The lowest BCUT2D eigenvalue weighted by molar-refractivity contribution is 1.11. The number of fused-ring (bicyclic) bond motifs is 6. The monoisotopic (exact) mass is 1580 g/mol. The molecule has 123 heavy (non-hydrogen) atoms. The minimum absolute atomic E-state index is 0.573. The molecule has 576 valence electrons. The van der Waals surface area contributed by atoms with Crippen molar-refractivity contribution in [3.05, 3.63) is 419 Å². The molecule has 0 unspecified atom stereocenters. The van der Waals surface area contributed by atoms with Crippen LogP contribution in [0.4, 0.5) is 51.4 Å².